The molecule has 1 saturated heterocycles. The van der Waals surface area contributed by atoms with Gasteiger partial charge >= 0.3 is 0 Å². The van der Waals surface area contributed by atoms with Crippen LogP contribution in [0.15, 0.2) is 47.9 Å². The Morgan fingerprint density at radius 3 is 2.61 bits per heavy atom. The van der Waals surface area contributed by atoms with Crippen molar-refractivity contribution in [2.75, 3.05) is 16.2 Å². The van der Waals surface area contributed by atoms with Gasteiger partial charge in [-0.3, -0.25) is 4.72 Å². The average molecular weight is 442 g/mol. The molecule has 1 atom stereocenters. The Morgan fingerprint density at radius 2 is 2.00 bits per heavy atom. The van der Waals surface area contributed by atoms with Crippen molar-refractivity contribution in [3.63, 3.8) is 0 Å². The van der Waals surface area contributed by atoms with Gasteiger partial charge in [0.2, 0.25) is 0 Å². The van der Waals surface area contributed by atoms with Crippen LogP contribution >= 0.6 is 11.6 Å². The molecule has 1 aromatic carbocycles. The molecule has 0 bridgehead atoms. The molecule has 28 heavy (non-hydrogen) atoms. The molecule has 1 aliphatic heterocycles. The lowest BCUT2D eigenvalue weighted by atomic mass is 10.1. The third-order valence-electron chi connectivity index (χ3n) is 4.43. The molecule has 1 fully saturated rings. The van der Waals surface area contributed by atoms with Crippen molar-refractivity contribution in [3.8, 4) is 11.3 Å². The molecule has 9 nitrogen and oxygen atoms in total. The van der Waals surface area contributed by atoms with E-state index in [1.54, 1.807) is 30.3 Å². The third kappa shape index (κ3) is 3.77. The number of halogens is 1. The van der Waals surface area contributed by atoms with Gasteiger partial charge in [-0.25, -0.2) is 18.1 Å². The summed E-state index contributed by atoms with van der Waals surface area (Å²) < 4.78 is 52.9. The summed E-state index contributed by atoms with van der Waals surface area (Å²) in [5, 5.41) is 4.94. The number of nitrogens with one attached hydrogen (secondary N) is 2. The van der Waals surface area contributed by atoms with Crippen molar-refractivity contribution >= 4 is 37.3 Å². The van der Waals surface area contributed by atoms with Gasteiger partial charge in [0, 0.05) is 16.7 Å². The van der Waals surface area contributed by atoms with Crippen molar-refractivity contribution in [3.05, 3.63) is 47.9 Å². The number of benzene rings is 1. The van der Waals surface area contributed by atoms with Crippen LogP contribution in [0.3, 0.4) is 0 Å². The number of aromatic nitrogens is 4. The van der Waals surface area contributed by atoms with Crippen LogP contribution in [-0.4, -0.2) is 48.1 Å². The highest BCUT2D eigenvalue weighted by Gasteiger charge is 2.32. The molecule has 3 aromatic rings. The number of nitrogens with zero attached hydrogens (tertiary/aromatic N) is 3. The van der Waals surface area contributed by atoms with Gasteiger partial charge in [-0.1, -0.05) is 23.7 Å². The predicted molar refractivity (Wildman–Crippen MR) is 104 cm³/mol. The highest BCUT2D eigenvalue weighted by molar-refractivity contribution is 7.92. The molecule has 3 heterocycles. The first kappa shape index (κ1) is 19.0. The van der Waals surface area contributed by atoms with Crippen molar-refractivity contribution in [2.45, 2.75) is 17.5 Å². The predicted octanol–water partition coefficient (Wildman–Crippen LogP) is 2.09. The fourth-order valence-electron chi connectivity index (χ4n) is 3.06. The number of H-pyrrole nitrogens is 1. The van der Waals surface area contributed by atoms with Gasteiger partial charge in [0.1, 0.15) is 5.82 Å². The van der Waals surface area contributed by atoms with E-state index in [0.29, 0.717) is 17.1 Å². The number of hydrogen-bond acceptors (Lipinski definition) is 6. The molecular weight excluding hydrogens is 426 g/mol. The van der Waals surface area contributed by atoms with Crippen LogP contribution in [0.5, 0.6) is 0 Å². The fraction of sp³-hybridized carbons (Fsp3) is 0.250. The Labute approximate surface area is 166 Å². The van der Waals surface area contributed by atoms with E-state index in [2.05, 4.69) is 19.8 Å². The first-order valence-electron chi connectivity index (χ1n) is 8.31. The SMILES string of the molecule is O=S1(=O)CC[C@H](n2nc(-c3ccc(Cl)cc3)cc2NS(=O)(=O)c2cnc[nH]2)C1. The number of anilines is 1. The smallest absolute Gasteiger partial charge is 0.280 e. The zero-order valence-corrected chi connectivity index (χ0v) is 16.8. The molecule has 2 N–H and O–H groups in total. The van der Waals surface area contributed by atoms with Crippen LogP contribution in [0.1, 0.15) is 12.5 Å². The van der Waals surface area contributed by atoms with Gasteiger partial charge in [-0.2, -0.15) is 13.5 Å². The van der Waals surface area contributed by atoms with E-state index in [4.69, 9.17) is 11.6 Å². The lowest BCUT2D eigenvalue weighted by Crippen LogP contribution is -2.20. The van der Waals surface area contributed by atoms with Crippen LogP contribution in [0.25, 0.3) is 11.3 Å². The summed E-state index contributed by atoms with van der Waals surface area (Å²) in [7, 11) is -7.11. The molecule has 148 valence electrons. The summed E-state index contributed by atoms with van der Waals surface area (Å²) in [5.41, 5.74) is 1.23. The summed E-state index contributed by atoms with van der Waals surface area (Å²) in [6.45, 7) is 0. The Hall–Kier alpha value is -2.37. The molecule has 0 aliphatic carbocycles. The molecule has 12 heteroatoms. The first-order chi connectivity index (χ1) is 13.2. The lowest BCUT2D eigenvalue weighted by molar-refractivity contribution is 0.507. The number of aromatic amines is 1. The van der Waals surface area contributed by atoms with Gasteiger partial charge in [0.25, 0.3) is 10.0 Å². The third-order valence-corrected chi connectivity index (χ3v) is 7.71. The van der Waals surface area contributed by atoms with Crippen LogP contribution in [0.4, 0.5) is 5.82 Å². The molecule has 2 aromatic heterocycles. The maximum Gasteiger partial charge on any atom is 0.280 e. The standard InChI is InChI=1S/C16H16ClN5O4S2/c17-12-3-1-11(2-4-12)14-7-15(21-28(25,26)16-8-18-10-19-16)22(20-14)13-5-6-27(23,24)9-13/h1-4,7-8,10,13,21H,5-6,9H2,(H,18,19)/t13-/m0/s1. The minimum Gasteiger partial charge on any atom is -0.334 e. The molecule has 0 unspecified atom stereocenters. The van der Waals surface area contributed by atoms with Gasteiger partial charge in [0.05, 0.1) is 35.8 Å². The van der Waals surface area contributed by atoms with Gasteiger partial charge in [-0.15, -0.1) is 0 Å². The molecule has 1 aliphatic rings. The number of hydrogen-bond donors (Lipinski definition) is 2. The van der Waals surface area contributed by atoms with E-state index < -0.39 is 25.9 Å². The Kier molecular flexibility index (Phi) is 4.68. The number of sulfone groups is 1. The topological polar surface area (TPSA) is 127 Å². The van der Waals surface area contributed by atoms with Crippen LogP contribution in [0.2, 0.25) is 5.02 Å². The minimum atomic E-state index is -3.93. The largest absolute Gasteiger partial charge is 0.334 e. The zero-order valence-electron chi connectivity index (χ0n) is 14.4. The van der Waals surface area contributed by atoms with Crippen molar-refractivity contribution in [2.24, 2.45) is 0 Å². The zero-order chi connectivity index (χ0) is 19.9. The van der Waals surface area contributed by atoms with Crippen LogP contribution < -0.4 is 4.72 Å². The van der Waals surface area contributed by atoms with Gasteiger partial charge in [0.15, 0.2) is 14.9 Å². The summed E-state index contributed by atoms with van der Waals surface area (Å²) in [6, 6.07) is 8.03. The maximum atomic E-state index is 12.6. The second-order valence-corrected chi connectivity index (χ2v) is 10.8. The van der Waals surface area contributed by atoms with E-state index in [1.807, 2.05) is 0 Å². The summed E-state index contributed by atoms with van der Waals surface area (Å²) >= 11 is 5.92. The van der Waals surface area contributed by atoms with Crippen LogP contribution in [-0.2, 0) is 19.9 Å². The van der Waals surface area contributed by atoms with E-state index in [1.165, 1.54) is 17.2 Å². The maximum absolute atomic E-state index is 12.6. The van der Waals surface area contributed by atoms with E-state index in [9.17, 15) is 16.8 Å². The highest BCUT2D eigenvalue weighted by Crippen LogP contribution is 2.31. The first-order valence-corrected chi connectivity index (χ1v) is 12.0. The molecular formula is C16H16ClN5O4S2. The Balaban J connectivity index is 1.76. The average Bonchev–Trinajstić information content (AvgIpc) is 3.35. The molecule has 0 spiro atoms. The highest BCUT2D eigenvalue weighted by atomic mass is 35.5. The Bertz CT molecular complexity index is 1200. The van der Waals surface area contributed by atoms with Crippen LogP contribution in [0, 0.1) is 0 Å². The van der Waals surface area contributed by atoms with Crippen molar-refractivity contribution < 1.29 is 16.8 Å². The monoisotopic (exact) mass is 441 g/mol. The Morgan fingerprint density at radius 1 is 1.25 bits per heavy atom. The van der Waals surface area contributed by atoms with E-state index in [0.717, 1.165) is 5.56 Å². The second-order valence-electron chi connectivity index (χ2n) is 6.44. The summed E-state index contributed by atoms with van der Waals surface area (Å²) in [4.78, 5) is 6.26. The molecule has 0 saturated carbocycles. The van der Waals surface area contributed by atoms with Gasteiger partial charge in [-0.05, 0) is 18.6 Å². The van der Waals surface area contributed by atoms with Gasteiger partial charge < -0.3 is 4.98 Å². The number of imidazole rings is 1. The normalized spacial score (nSPS) is 19.0. The van der Waals surface area contributed by atoms with E-state index >= 15 is 0 Å². The lowest BCUT2D eigenvalue weighted by Gasteiger charge is -2.14. The minimum absolute atomic E-state index is 0.0422. The summed E-state index contributed by atoms with van der Waals surface area (Å²) in [5.74, 6) is 0.135. The van der Waals surface area contributed by atoms with Crippen molar-refractivity contribution in [1.29, 1.82) is 0 Å². The molecule has 0 amide bonds. The summed E-state index contributed by atoms with van der Waals surface area (Å²) in [6.07, 6.45) is 2.81. The second kappa shape index (κ2) is 6.90. The molecule has 0 radical (unpaired) electrons. The number of rotatable bonds is 5. The van der Waals surface area contributed by atoms with Crippen molar-refractivity contribution in [1.82, 2.24) is 19.7 Å². The van der Waals surface area contributed by atoms with E-state index in [-0.39, 0.29) is 22.3 Å². The fourth-order valence-corrected chi connectivity index (χ4v) is 5.82. The quantitative estimate of drug-likeness (QED) is 0.624. The molecule has 4 rings (SSSR count). The number of sulfonamides is 1.